The molecule has 0 aromatic heterocycles. The van der Waals surface area contributed by atoms with Gasteiger partial charge in [0.2, 0.25) is 0 Å². The van der Waals surface area contributed by atoms with E-state index in [0.29, 0.717) is 10.0 Å². The number of phenolic OH excluding ortho intramolecular Hbond substituents is 1. The van der Waals surface area contributed by atoms with Crippen molar-refractivity contribution < 1.29 is 29.0 Å². The zero-order valence-corrected chi connectivity index (χ0v) is 16.7. The summed E-state index contributed by atoms with van der Waals surface area (Å²) in [6.45, 7) is 1.82. The van der Waals surface area contributed by atoms with Crippen LogP contribution in [-0.2, 0) is 14.3 Å². The average molecular weight is 444 g/mol. The van der Waals surface area contributed by atoms with Crippen molar-refractivity contribution in [3.63, 3.8) is 0 Å². The molecule has 140 valence electrons. The van der Waals surface area contributed by atoms with E-state index in [4.69, 9.17) is 9.47 Å². The van der Waals surface area contributed by atoms with Gasteiger partial charge in [0.25, 0.3) is 11.1 Å². The summed E-state index contributed by atoms with van der Waals surface area (Å²) in [5.41, 5.74) is 0.552. The fourth-order valence-electron chi connectivity index (χ4n) is 2.12. The number of nitrogens with zero attached hydrogens (tertiary/aromatic N) is 1. The summed E-state index contributed by atoms with van der Waals surface area (Å²) >= 11 is 4.03. The highest BCUT2D eigenvalue weighted by Crippen LogP contribution is 2.37. The molecule has 2 amide bonds. The second-order valence-electron chi connectivity index (χ2n) is 5.39. The lowest BCUT2D eigenvalue weighted by Gasteiger charge is -2.11. The van der Waals surface area contributed by atoms with Crippen molar-refractivity contribution in [1.29, 1.82) is 0 Å². The molecular weight excluding hydrogens is 426 g/mol. The minimum atomic E-state index is -0.616. The van der Waals surface area contributed by atoms with Crippen molar-refractivity contribution in [2.75, 3.05) is 20.3 Å². The molecule has 1 heterocycles. The van der Waals surface area contributed by atoms with E-state index < -0.39 is 23.7 Å². The predicted molar refractivity (Wildman–Crippen MR) is 101 cm³/mol. The maximum absolute atomic E-state index is 12.4. The SMILES string of the molecule is CCCCOC(=O)CN1C(=O)S/C(=C\c2cc(OC)c(O)cc2Br)C1=O. The summed E-state index contributed by atoms with van der Waals surface area (Å²) in [6.07, 6.45) is 3.10. The molecule has 1 aromatic carbocycles. The number of halogens is 1. The molecule has 0 bridgehead atoms. The van der Waals surface area contributed by atoms with Gasteiger partial charge in [-0.05, 0) is 42.0 Å². The van der Waals surface area contributed by atoms with Gasteiger partial charge < -0.3 is 14.6 Å². The van der Waals surface area contributed by atoms with Gasteiger partial charge in [-0.3, -0.25) is 19.3 Å². The number of rotatable bonds is 7. The Morgan fingerprint density at radius 1 is 1.38 bits per heavy atom. The van der Waals surface area contributed by atoms with Gasteiger partial charge in [-0.15, -0.1) is 0 Å². The third-order valence-corrected chi connectivity index (χ3v) is 5.10. The lowest BCUT2D eigenvalue weighted by atomic mass is 10.2. The molecule has 1 aromatic rings. The number of benzene rings is 1. The number of phenols is 1. The Kier molecular flexibility index (Phi) is 7.10. The van der Waals surface area contributed by atoms with Gasteiger partial charge in [-0.2, -0.15) is 0 Å². The van der Waals surface area contributed by atoms with Gasteiger partial charge in [-0.1, -0.05) is 29.3 Å². The van der Waals surface area contributed by atoms with Crippen molar-refractivity contribution in [3.8, 4) is 11.5 Å². The second-order valence-corrected chi connectivity index (χ2v) is 7.23. The highest BCUT2D eigenvalue weighted by atomic mass is 79.9. The molecular formula is C17H18BrNO6S. The number of amides is 2. The van der Waals surface area contributed by atoms with Crippen molar-refractivity contribution in [2.24, 2.45) is 0 Å². The summed E-state index contributed by atoms with van der Waals surface area (Å²) in [5, 5.41) is 9.21. The third kappa shape index (κ3) is 4.79. The van der Waals surface area contributed by atoms with Crippen LogP contribution in [0.15, 0.2) is 21.5 Å². The van der Waals surface area contributed by atoms with Crippen LogP contribution in [0.1, 0.15) is 25.3 Å². The zero-order chi connectivity index (χ0) is 19.3. The lowest BCUT2D eigenvalue weighted by molar-refractivity contribution is -0.146. The van der Waals surface area contributed by atoms with E-state index in [0.717, 1.165) is 29.5 Å². The molecule has 7 nitrogen and oxygen atoms in total. The Labute approximate surface area is 163 Å². The Morgan fingerprint density at radius 3 is 2.77 bits per heavy atom. The predicted octanol–water partition coefficient (Wildman–Crippen LogP) is 3.54. The quantitative estimate of drug-likeness (QED) is 0.391. The lowest BCUT2D eigenvalue weighted by Crippen LogP contribution is -2.34. The molecule has 9 heteroatoms. The molecule has 0 atom stereocenters. The van der Waals surface area contributed by atoms with E-state index in [9.17, 15) is 19.5 Å². The van der Waals surface area contributed by atoms with Gasteiger partial charge in [0.05, 0.1) is 18.6 Å². The van der Waals surface area contributed by atoms with E-state index in [1.807, 2.05) is 6.92 Å². The fraction of sp³-hybridized carbons (Fsp3) is 0.353. The maximum atomic E-state index is 12.4. The molecule has 2 rings (SSSR count). The molecule has 26 heavy (non-hydrogen) atoms. The molecule has 0 aliphatic carbocycles. The van der Waals surface area contributed by atoms with Crippen LogP contribution in [0.5, 0.6) is 11.5 Å². The Morgan fingerprint density at radius 2 is 2.12 bits per heavy atom. The van der Waals surface area contributed by atoms with Crippen LogP contribution < -0.4 is 4.74 Å². The number of aromatic hydroxyl groups is 1. The monoisotopic (exact) mass is 443 g/mol. The zero-order valence-electron chi connectivity index (χ0n) is 14.3. The first-order valence-corrected chi connectivity index (χ1v) is 9.45. The molecule has 1 N–H and O–H groups in total. The number of unbranched alkanes of at least 4 members (excludes halogenated alkanes) is 1. The molecule has 0 unspecified atom stereocenters. The first-order chi connectivity index (χ1) is 12.4. The number of hydrogen-bond donors (Lipinski definition) is 1. The number of methoxy groups -OCH3 is 1. The van der Waals surface area contributed by atoms with Gasteiger partial charge in [0.15, 0.2) is 11.5 Å². The molecule has 1 fully saturated rings. The van der Waals surface area contributed by atoms with E-state index in [-0.39, 0.29) is 23.0 Å². The maximum Gasteiger partial charge on any atom is 0.326 e. The van der Waals surface area contributed by atoms with Crippen LogP contribution in [0.2, 0.25) is 0 Å². The van der Waals surface area contributed by atoms with Crippen LogP contribution >= 0.6 is 27.7 Å². The number of carbonyl (C=O) groups is 3. The summed E-state index contributed by atoms with van der Waals surface area (Å²) in [6, 6.07) is 2.96. The Balaban J connectivity index is 2.15. The van der Waals surface area contributed by atoms with Crippen LogP contribution in [0.3, 0.4) is 0 Å². The Hall–Kier alpha value is -2.00. The Bertz CT molecular complexity index is 764. The summed E-state index contributed by atoms with van der Waals surface area (Å²) in [5.74, 6) is -1.00. The van der Waals surface area contributed by atoms with E-state index in [1.165, 1.54) is 25.3 Å². The van der Waals surface area contributed by atoms with Crippen LogP contribution in [-0.4, -0.2) is 47.4 Å². The standard InChI is InChI=1S/C17H18BrNO6S/c1-3-4-5-25-15(21)9-19-16(22)14(26-17(19)23)7-10-6-13(24-2)12(20)8-11(10)18/h6-8,20H,3-5,9H2,1-2H3/b14-7-. The number of hydrogen-bond acceptors (Lipinski definition) is 7. The molecule has 1 aliphatic rings. The van der Waals surface area contributed by atoms with Crippen LogP contribution in [0.25, 0.3) is 6.08 Å². The van der Waals surface area contributed by atoms with Gasteiger partial charge in [0.1, 0.15) is 6.54 Å². The number of thioether (sulfide) groups is 1. The minimum Gasteiger partial charge on any atom is -0.504 e. The van der Waals surface area contributed by atoms with Crippen molar-refractivity contribution >= 4 is 50.9 Å². The highest BCUT2D eigenvalue weighted by molar-refractivity contribution is 9.10. The summed E-state index contributed by atoms with van der Waals surface area (Å²) in [7, 11) is 1.41. The number of ether oxygens (including phenoxy) is 2. The molecule has 0 radical (unpaired) electrons. The number of carbonyl (C=O) groups excluding carboxylic acids is 3. The van der Waals surface area contributed by atoms with Crippen LogP contribution in [0, 0.1) is 0 Å². The normalized spacial score (nSPS) is 15.7. The largest absolute Gasteiger partial charge is 0.504 e. The third-order valence-electron chi connectivity index (χ3n) is 3.51. The molecule has 1 aliphatic heterocycles. The number of imide groups is 1. The van der Waals surface area contributed by atoms with E-state index in [1.54, 1.807) is 0 Å². The first kappa shape index (κ1) is 20.3. The molecule has 0 spiro atoms. The minimum absolute atomic E-state index is 0.0561. The van der Waals surface area contributed by atoms with Crippen molar-refractivity contribution in [2.45, 2.75) is 19.8 Å². The van der Waals surface area contributed by atoms with Gasteiger partial charge >= 0.3 is 5.97 Å². The molecule has 1 saturated heterocycles. The van der Waals surface area contributed by atoms with Gasteiger partial charge in [0, 0.05) is 4.47 Å². The second kappa shape index (κ2) is 9.09. The van der Waals surface area contributed by atoms with Gasteiger partial charge in [-0.25, -0.2) is 0 Å². The smallest absolute Gasteiger partial charge is 0.326 e. The topological polar surface area (TPSA) is 93.1 Å². The first-order valence-electron chi connectivity index (χ1n) is 7.84. The summed E-state index contributed by atoms with van der Waals surface area (Å²) < 4.78 is 10.6. The fourth-order valence-corrected chi connectivity index (χ4v) is 3.39. The van der Waals surface area contributed by atoms with E-state index in [2.05, 4.69) is 15.9 Å². The van der Waals surface area contributed by atoms with Crippen LogP contribution in [0.4, 0.5) is 4.79 Å². The van der Waals surface area contributed by atoms with Crippen molar-refractivity contribution in [1.82, 2.24) is 4.90 Å². The molecule has 0 saturated carbocycles. The average Bonchev–Trinajstić information content (AvgIpc) is 2.85. The van der Waals surface area contributed by atoms with E-state index >= 15 is 0 Å². The number of esters is 1. The summed E-state index contributed by atoms with van der Waals surface area (Å²) in [4.78, 5) is 37.3. The van der Waals surface area contributed by atoms with Crippen molar-refractivity contribution in [3.05, 3.63) is 27.1 Å². The highest BCUT2D eigenvalue weighted by Gasteiger charge is 2.36.